The second kappa shape index (κ2) is 8.05. The number of urea groups is 1. The highest BCUT2D eigenvalue weighted by atomic mass is 32.1. The first kappa shape index (κ1) is 14.9. The molecule has 6 heteroatoms. The molecule has 5 nitrogen and oxygen atoms in total. The predicted molar refractivity (Wildman–Crippen MR) is 72.9 cm³/mol. The molecule has 0 aliphatic heterocycles. The number of carbonyl (C=O) groups excluding carboxylic acids is 1. The van der Waals surface area contributed by atoms with Crippen LogP contribution < -0.4 is 10.6 Å². The average molecular weight is 271 g/mol. The van der Waals surface area contributed by atoms with Crippen molar-refractivity contribution in [3.63, 3.8) is 0 Å². The number of aryl methyl sites for hydroxylation is 1. The van der Waals surface area contributed by atoms with E-state index in [-0.39, 0.29) is 6.03 Å². The number of hydrogen-bond acceptors (Lipinski definition) is 4. The zero-order chi connectivity index (χ0) is 13.4. The highest BCUT2D eigenvalue weighted by molar-refractivity contribution is 7.09. The number of rotatable bonds is 7. The van der Waals surface area contributed by atoms with Gasteiger partial charge in [-0.15, -0.1) is 11.3 Å². The molecular weight excluding hydrogens is 250 g/mol. The van der Waals surface area contributed by atoms with E-state index >= 15 is 0 Å². The van der Waals surface area contributed by atoms with Crippen LogP contribution in [0.5, 0.6) is 0 Å². The molecule has 1 aromatic rings. The molecule has 0 aliphatic rings. The lowest BCUT2D eigenvalue weighted by Gasteiger charge is -2.11. The SMILES string of the molecule is CCCC(O)CNC(=O)NCCc1csc(C)n1. The molecule has 1 aromatic heterocycles. The van der Waals surface area contributed by atoms with Gasteiger partial charge in [0.05, 0.1) is 16.8 Å². The van der Waals surface area contributed by atoms with Crippen molar-refractivity contribution in [1.29, 1.82) is 0 Å². The van der Waals surface area contributed by atoms with Crippen molar-refractivity contribution in [3.8, 4) is 0 Å². The predicted octanol–water partition coefficient (Wildman–Crippen LogP) is 1.45. The summed E-state index contributed by atoms with van der Waals surface area (Å²) < 4.78 is 0. The molecule has 102 valence electrons. The van der Waals surface area contributed by atoms with Crippen molar-refractivity contribution >= 4 is 17.4 Å². The van der Waals surface area contributed by atoms with Crippen LogP contribution in [-0.4, -0.2) is 35.3 Å². The van der Waals surface area contributed by atoms with Gasteiger partial charge in [0.1, 0.15) is 0 Å². The number of aromatic nitrogens is 1. The first-order valence-corrected chi connectivity index (χ1v) is 7.10. The summed E-state index contributed by atoms with van der Waals surface area (Å²) in [6.07, 6.45) is 1.89. The Morgan fingerprint density at radius 3 is 2.94 bits per heavy atom. The monoisotopic (exact) mass is 271 g/mol. The maximum Gasteiger partial charge on any atom is 0.314 e. The van der Waals surface area contributed by atoms with Gasteiger partial charge in [-0.2, -0.15) is 0 Å². The first-order valence-electron chi connectivity index (χ1n) is 6.22. The Hall–Kier alpha value is -1.14. The highest BCUT2D eigenvalue weighted by Gasteiger charge is 2.05. The van der Waals surface area contributed by atoms with E-state index in [0.29, 0.717) is 19.5 Å². The number of hydrogen-bond donors (Lipinski definition) is 3. The van der Waals surface area contributed by atoms with Crippen LogP contribution in [0.4, 0.5) is 4.79 Å². The summed E-state index contributed by atoms with van der Waals surface area (Å²) in [6, 6.07) is -0.239. The Labute approximate surface area is 112 Å². The largest absolute Gasteiger partial charge is 0.391 e. The third-order valence-electron chi connectivity index (χ3n) is 2.45. The first-order chi connectivity index (χ1) is 8.61. The summed E-state index contributed by atoms with van der Waals surface area (Å²) in [5, 5.41) is 17.9. The Kier molecular flexibility index (Phi) is 6.67. The average Bonchev–Trinajstić information content (AvgIpc) is 2.73. The van der Waals surface area contributed by atoms with Crippen LogP contribution in [0.2, 0.25) is 0 Å². The fourth-order valence-corrected chi connectivity index (χ4v) is 2.18. The van der Waals surface area contributed by atoms with Crippen LogP contribution in [-0.2, 0) is 6.42 Å². The van der Waals surface area contributed by atoms with Gasteiger partial charge < -0.3 is 15.7 Å². The molecular formula is C12H21N3O2S. The molecule has 0 spiro atoms. The Morgan fingerprint density at radius 2 is 2.33 bits per heavy atom. The van der Waals surface area contributed by atoms with E-state index in [1.54, 1.807) is 11.3 Å². The van der Waals surface area contributed by atoms with Crippen LogP contribution in [0.3, 0.4) is 0 Å². The lowest BCUT2D eigenvalue weighted by Crippen LogP contribution is -2.40. The molecule has 0 saturated heterocycles. The van der Waals surface area contributed by atoms with Gasteiger partial charge >= 0.3 is 6.03 Å². The van der Waals surface area contributed by atoms with Crippen LogP contribution in [0, 0.1) is 6.92 Å². The maximum absolute atomic E-state index is 11.4. The van der Waals surface area contributed by atoms with Crippen molar-refractivity contribution in [2.75, 3.05) is 13.1 Å². The standard InChI is InChI=1S/C12H21N3O2S/c1-3-4-11(16)7-14-12(17)13-6-5-10-8-18-9(2)15-10/h8,11,16H,3-7H2,1-2H3,(H2,13,14,17). The molecule has 0 aromatic carbocycles. The lowest BCUT2D eigenvalue weighted by molar-refractivity contribution is 0.160. The summed E-state index contributed by atoms with van der Waals surface area (Å²) >= 11 is 1.61. The van der Waals surface area contributed by atoms with Crippen molar-refractivity contribution in [2.45, 2.75) is 39.2 Å². The number of nitrogens with one attached hydrogen (secondary N) is 2. The Morgan fingerprint density at radius 1 is 1.56 bits per heavy atom. The molecule has 2 amide bonds. The zero-order valence-corrected chi connectivity index (χ0v) is 11.7. The van der Waals surface area contributed by atoms with E-state index in [1.165, 1.54) is 0 Å². The highest BCUT2D eigenvalue weighted by Crippen LogP contribution is 2.07. The second-order valence-electron chi connectivity index (χ2n) is 4.19. The van der Waals surface area contributed by atoms with E-state index in [1.807, 2.05) is 19.2 Å². The summed E-state index contributed by atoms with van der Waals surface area (Å²) in [5.41, 5.74) is 1.00. The number of carbonyl (C=O) groups is 1. The number of aliphatic hydroxyl groups is 1. The minimum absolute atomic E-state index is 0.239. The van der Waals surface area contributed by atoms with Gasteiger partial charge in [-0.25, -0.2) is 9.78 Å². The Balaban J connectivity index is 2.10. The fraction of sp³-hybridized carbons (Fsp3) is 0.667. The molecule has 1 atom stereocenters. The quantitative estimate of drug-likeness (QED) is 0.703. The van der Waals surface area contributed by atoms with Gasteiger partial charge in [-0.05, 0) is 13.3 Å². The van der Waals surface area contributed by atoms with Gasteiger partial charge in [0.25, 0.3) is 0 Å². The van der Waals surface area contributed by atoms with E-state index in [0.717, 1.165) is 23.5 Å². The van der Waals surface area contributed by atoms with Crippen LogP contribution in [0.15, 0.2) is 5.38 Å². The molecule has 3 N–H and O–H groups in total. The molecule has 1 heterocycles. The third kappa shape index (κ3) is 5.97. The van der Waals surface area contributed by atoms with Gasteiger partial charge in [0.15, 0.2) is 0 Å². The molecule has 1 rings (SSSR count). The van der Waals surface area contributed by atoms with Crippen molar-refractivity contribution in [3.05, 3.63) is 16.1 Å². The zero-order valence-electron chi connectivity index (χ0n) is 10.9. The third-order valence-corrected chi connectivity index (χ3v) is 3.28. The van der Waals surface area contributed by atoms with E-state index in [9.17, 15) is 9.90 Å². The van der Waals surface area contributed by atoms with E-state index < -0.39 is 6.10 Å². The summed E-state index contributed by atoms with van der Waals surface area (Å²) in [7, 11) is 0. The van der Waals surface area contributed by atoms with Crippen molar-refractivity contribution < 1.29 is 9.90 Å². The minimum atomic E-state index is -0.457. The fourth-order valence-electron chi connectivity index (χ4n) is 1.54. The van der Waals surface area contributed by atoms with E-state index in [4.69, 9.17) is 0 Å². The molecule has 1 unspecified atom stereocenters. The van der Waals surface area contributed by atoms with Gasteiger partial charge in [-0.1, -0.05) is 13.3 Å². The molecule has 0 fully saturated rings. The van der Waals surface area contributed by atoms with Gasteiger partial charge in [-0.3, -0.25) is 0 Å². The molecule has 18 heavy (non-hydrogen) atoms. The summed E-state index contributed by atoms with van der Waals surface area (Å²) in [6.45, 7) is 4.82. The van der Waals surface area contributed by atoms with Crippen LogP contribution in [0.1, 0.15) is 30.5 Å². The van der Waals surface area contributed by atoms with Crippen LogP contribution in [0.25, 0.3) is 0 Å². The molecule has 0 bridgehead atoms. The number of thiazole rings is 1. The lowest BCUT2D eigenvalue weighted by atomic mass is 10.2. The van der Waals surface area contributed by atoms with Gasteiger partial charge in [0.2, 0.25) is 0 Å². The summed E-state index contributed by atoms with van der Waals surface area (Å²) in [4.78, 5) is 15.7. The normalized spacial score (nSPS) is 12.2. The van der Waals surface area contributed by atoms with Crippen molar-refractivity contribution in [1.82, 2.24) is 15.6 Å². The number of nitrogens with zero attached hydrogens (tertiary/aromatic N) is 1. The minimum Gasteiger partial charge on any atom is -0.391 e. The smallest absolute Gasteiger partial charge is 0.314 e. The number of aliphatic hydroxyl groups excluding tert-OH is 1. The Bertz CT molecular complexity index is 368. The topological polar surface area (TPSA) is 74.2 Å². The molecule has 0 radical (unpaired) electrons. The van der Waals surface area contributed by atoms with Gasteiger partial charge in [0, 0.05) is 24.9 Å². The second-order valence-corrected chi connectivity index (χ2v) is 5.25. The van der Waals surface area contributed by atoms with Crippen molar-refractivity contribution in [2.24, 2.45) is 0 Å². The maximum atomic E-state index is 11.4. The van der Waals surface area contributed by atoms with E-state index in [2.05, 4.69) is 15.6 Å². The van der Waals surface area contributed by atoms with Crippen LogP contribution >= 0.6 is 11.3 Å². The summed E-state index contributed by atoms with van der Waals surface area (Å²) in [5.74, 6) is 0. The molecule has 0 saturated carbocycles. The number of amides is 2. The molecule has 0 aliphatic carbocycles.